The van der Waals surface area contributed by atoms with Crippen LogP contribution < -0.4 is 5.32 Å². The second-order valence-electron chi connectivity index (χ2n) is 3.85. The van der Waals surface area contributed by atoms with E-state index in [-0.39, 0.29) is 6.42 Å². The maximum Gasteiger partial charge on any atom is 0.393 e. The van der Waals surface area contributed by atoms with Crippen LogP contribution in [0.5, 0.6) is 0 Å². The molecule has 1 fully saturated rings. The average molecular weight is 219 g/mol. The molecule has 0 aromatic heterocycles. The first-order valence-electron chi connectivity index (χ1n) is 5.25. The zero-order chi connectivity index (χ0) is 11.3. The van der Waals surface area contributed by atoms with Gasteiger partial charge in [-0.3, -0.25) is 0 Å². The second kappa shape index (κ2) is 5.41. The Balaban J connectivity index is 2.52. The summed E-state index contributed by atoms with van der Waals surface area (Å²) < 4.78 is 37.9. The van der Waals surface area contributed by atoms with Gasteiger partial charge in [0.2, 0.25) is 0 Å². The topological polar surface area (TPSA) is 12.0 Å². The van der Waals surface area contributed by atoms with E-state index >= 15 is 0 Å². The maximum absolute atomic E-state index is 12.6. The lowest BCUT2D eigenvalue weighted by Gasteiger charge is -2.33. The Labute approximate surface area is 88.4 Å². The lowest BCUT2D eigenvalue weighted by molar-refractivity contribution is -0.188. The molecular weight excluding hydrogens is 203 g/mol. The molecule has 0 bridgehead atoms. The second-order valence-corrected chi connectivity index (χ2v) is 3.85. The van der Waals surface area contributed by atoms with Gasteiger partial charge < -0.3 is 5.32 Å². The predicted molar refractivity (Wildman–Crippen MR) is 53.3 cm³/mol. The Hall–Kier alpha value is -0.690. The predicted octanol–water partition coefficient (Wildman–Crippen LogP) is 2.72. The van der Waals surface area contributed by atoms with Gasteiger partial charge in [0.1, 0.15) is 0 Å². The highest BCUT2D eigenvalue weighted by molar-refractivity contribution is 4.99. The summed E-state index contributed by atoms with van der Waals surface area (Å²) >= 11 is 0. The highest BCUT2D eigenvalue weighted by Gasteiger charge is 2.45. The van der Waals surface area contributed by atoms with Crippen molar-refractivity contribution in [2.24, 2.45) is 5.92 Å². The monoisotopic (exact) mass is 219 g/mol. The molecule has 0 aromatic carbocycles. The van der Waals surface area contributed by atoms with Gasteiger partial charge in [-0.2, -0.15) is 13.2 Å². The zero-order valence-corrected chi connectivity index (χ0v) is 8.82. The van der Waals surface area contributed by atoms with Gasteiger partial charge in [0.05, 0.1) is 12.5 Å². The summed E-state index contributed by atoms with van der Waals surface area (Å²) in [7, 11) is 0. The molecule has 0 amide bonds. The Morgan fingerprint density at radius 2 is 1.93 bits per heavy atom. The Morgan fingerprint density at radius 1 is 1.27 bits per heavy atom. The van der Waals surface area contributed by atoms with Crippen LogP contribution in [-0.2, 0) is 0 Å². The first-order valence-corrected chi connectivity index (χ1v) is 5.25. The van der Waals surface area contributed by atoms with Gasteiger partial charge in [-0.15, -0.1) is 5.92 Å². The van der Waals surface area contributed by atoms with Crippen molar-refractivity contribution in [2.75, 3.05) is 6.54 Å². The molecule has 1 rings (SSSR count). The number of hydrogen-bond donors (Lipinski definition) is 1. The van der Waals surface area contributed by atoms with E-state index in [1.165, 1.54) is 0 Å². The van der Waals surface area contributed by atoms with Crippen molar-refractivity contribution in [3.63, 3.8) is 0 Å². The van der Waals surface area contributed by atoms with Crippen LogP contribution >= 0.6 is 0 Å². The van der Waals surface area contributed by atoms with E-state index in [0.29, 0.717) is 19.4 Å². The van der Waals surface area contributed by atoms with E-state index in [0.717, 1.165) is 6.42 Å². The minimum atomic E-state index is -4.07. The molecule has 1 aliphatic rings. The van der Waals surface area contributed by atoms with E-state index < -0.39 is 18.1 Å². The smallest absolute Gasteiger partial charge is 0.303 e. The van der Waals surface area contributed by atoms with Crippen LogP contribution in [0.3, 0.4) is 0 Å². The van der Waals surface area contributed by atoms with Crippen LogP contribution in [0.15, 0.2) is 0 Å². The Kier molecular flexibility index (Phi) is 4.46. The fourth-order valence-corrected chi connectivity index (χ4v) is 2.04. The van der Waals surface area contributed by atoms with Crippen LogP contribution in [0.4, 0.5) is 13.2 Å². The standard InChI is InChI=1S/C11H16F3N/c1-2-3-8-15-10-7-5-4-6-9(10)11(12,13)14/h9-10,15H,4-8H2,1H3. The molecule has 0 radical (unpaired) electrons. The van der Waals surface area contributed by atoms with Crippen molar-refractivity contribution >= 4 is 0 Å². The fourth-order valence-electron chi connectivity index (χ4n) is 2.04. The molecule has 1 aliphatic carbocycles. The third kappa shape index (κ3) is 3.75. The quantitative estimate of drug-likeness (QED) is 0.704. The van der Waals surface area contributed by atoms with Crippen LogP contribution in [0.2, 0.25) is 0 Å². The van der Waals surface area contributed by atoms with E-state index in [9.17, 15) is 13.2 Å². The van der Waals surface area contributed by atoms with Gasteiger partial charge >= 0.3 is 6.18 Å². The number of hydrogen-bond acceptors (Lipinski definition) is 1. The average Bonchev–Trinajstić information content (AvgIpc) is 2.17. The number of nitrogens with one attached hydrogen (secondary N) is 1. The van der Waals surface area contributed by atoms with Gasteiger partial charge in [-0.25, -0.2) is 0 Å². The van der Waals surface area contributed by atoms with Crippen molar-refractivity contribution in [1.29, 1.82) is 0 Å². The summed E-state index contributed by atoms with van der Waals surface area (Å²) in [5.74, 6) is 4.22. The van der Waals surface area contributed by atoms with Crippen molar-refractivity contribution in [3.05, 3.63) is 0 Å². The van der Waals surface area contributed by atoms with Gasteiger partial charge in [-0.1, -0.05) is 18.8 Å². The van der Waals surface area contributed by atoms with Gasteiger partial charge in [-0.05, 0) is 19.8 Å². The van der Waals surface area contributed by atoms with Gasteiger partial charge in [0.25, 0.3) is 0 Å². The minimum Gasteiger partial charge on any atom is -0.303 e. The lowest BCUT2D eigenvalue weighted by atomic mass is 9.84. The molecule has 86 valence electrons. The summed E-state index contributed by atoms with van der Waals surface area (Å²) in [6, 6.07) is -0.445. The summed E-state index contributed by atoms with van der Waals surface area (Å²) in [4.78, 5) is 0. The SMILES string of the molecule is CC#CCNC1CCCCC1C(F)(F)F. The summed E-state index contributed by atoms with van der Waals surface area (Å²) in [5.41, 5.74) is 0. The third-order valence-corrected chi connectivity index (χ3v) is 2.82. The Bertz CT molecular complexity index is 249. The van der Waals surface area contributed by atoms with Gasteiger partial charge in [0.15, 0.2) is 0 Å². The summed E-state index contributed by atoms with van der Waals surface area (Å²) in [6.45, 7) is 2.04. The van der Waals surface area contributed by atoms with Gasteiger partial charge in [0, 0.05) is 6.04 Å². The number of halogens is 3. The van der Waals surface area contributed by atoms with Crippen molar-refractivity contribution in [1.82, 2.24) is 5.32 Å². The number of alkyl halides is 3. The summed E-state index contributed by atoms with van der Waals surface area (Å²) in [6.07, 6.45) is -1.65. The normalized spacial score (nSPS) is 26.9. The van der Waals surface area contributed by atoms with E-state index in [4.69, 9.17) is 0 Å². The fraction of sp³-hybridized carbons (Fsp3) is 0.818. The Morgan fingerprint density at radius 3 is 2.53 bits per heavy atom. The van der Waals surface area contributed by atoms with Crippen molar-refractivity contribution in [2.45, 2.75) is 44.8 Å². The molecule has 2 atom stereocenters. The van der Waals surface area contributed by atoms with Crippen LogP contribution in [-0.4, -0.2) is 18.8 Å². The van der Waals surface area contributed by atoms with Crippen LogP contribution in [0.1, 0.15) is 32.6 Å². The molecular formula is C11H16F3N. The molecule has 0 aliphatic heterocycles. The molecule has 0 saturated heterocycles. The van der Waals surface area contributed by atoms with E-state index in [1.54, 1.807) is 6.92 Å². The molecule has 4 heteroatoms. The van der Waals surface area contributed by atoms with Crippen molar-refractivity contribution in [3.8, 4) is 11.8 Å². The van der Waals surface area contributed by atoms with E-state index in [1.807, 2.05) is 0 Å². The van der Waals surface area contributed by atoms with Crippen LogP contribution in [0, 0.1) is 17.8 Å². The minimum absolute atomic E-state index is 0.251. The maximum atomic E-state index is 12.6. The summed E-state index contributed by atoms with van der Waals surface area (Å²) in [5, 5.41) is 2.89. The molecule has 1 N–H and O–H groups in total. The lowest BCUT2D eigenvalue weighted by Crippen LogP contribution is -2.45. The molecule has 0 spiro atoms. The van der Waals surface area contributed by atoms with Crippen molar-refractivity contribution < 1.29 is 13.2 Å². The van der Waals surface area contributed by atoms with E-state index in [2.05, 4.69) is 17.2 Å². The molecule has 1 saturated carbocycles. The molecule has 1 nitrogen and oxygen atoms in total. The highest BCUT2D eigenvalue weighted by Crippen LogP contribution is 2.37. The first kappa shape index (κ1) is 12.4. The molecule has 0 aromatic rings. The highest BCUT2D eigenvalue weighted by atomic mass is 19.4. The first-order chi connectivity index (χ1) is 7.05. The molecule has 2 unspecified atom stereocenters. The zero-order valence-electron chi connectivity index (χ0n) is 8.82. The largest absolute Gasteiger partial charge is 0.393 e. The molecule has 0 heterocycles. The number of rotatable bonds is 2. The molecule has 15 heavy (non-hydrogen) atoms. The third-order valence-electron chi connectivity index (χ3n) is 2.82. The van der Waals surface area contributed by atoms with Crippen LogP contribution in [0.25, 0.3) is 0 Å².